The molecule has 1 saturated heterocycles. The number of nitrogens with zero attached hydrogens (tertiary/aromatic N) is 3. The second-order valence-corrected chi connectivity index (χ2v) is 8.42. The number of aromatic nitrogens is 1. The predicted octanol–water partition coefficient (Wildman–Crippen LogP) is 2.27. The number of pyridine rings is 1. The molecule has 0 spiro atoms. The normalized spacial score (nSPS) is 17.8. The van der Waals surface area contributed by atoms with Gasteiger partial charge < -0.3 is 9.80 Å². The molecule has 1 aromatic heterocycles. The van der Waals surface area contributed by atoms with Crippen molar-refractivity contribution in [2.45, 2.75) is 32.0 Å². The number of hydrogen-bond donors (Lipinski definition) is 1. The summed E-state index contributed by atoms with van der Waals surface area (Å²) in [5.74, 6) is -1.19. The molecule has 2 aliphatic rings. The first-order valence-corrected chi connectivity index (χ1v) is 10.8. The number of fused-ring (bicyclic) bond motifs is 2. The van der Waals surface area contributed by atoms with E-state index in [1.807, 2.05) is 30.3 Å². The van der Waals surface area contributed by atoms with Crippen molar-refractivity contribution < 1.29 is 19.2 Å². The van der Waals surface area contributed by atoms with Crippen molar-refractivity contribution in [3.05, 3.63) is 77.0 Å². The summed E-state index contributed by atoms with van der Waals surface area (Å²) in [6, 6.07) is 14.0. The summed E-state index contributed by atoms with van der Waals surface area (Å²) in [5, 5.41) is 3.30. The van der Waals surface area contributed by atoms with Crippen LogP contribution in [-0.4, -0.2) is 51.5 Å². The molecule has 0 radical (unpaired) electrons. The van der Waals surface area contributed by atoms with Crippen LogP contribution in [0.3, 0.4) is 0 Å². The van der Waals surface area contributed by atoms with Crippen LogP contribution in [0.5, 0.6) is 0 Å². The van der Waals surface area contributed by atoms with Crippen LogP contribution in [0, 0.1) is 0 Å². The SMILES string of the molecule is CN(Cc1ccnc2ccccc12)C(=O)c1ccc2c(c1)CN(C1CCC(=O)NC1=O)C2=O. The zero-order valence-electron chi connectivity index (χ0n) is 18.1. The van der Waals surface area contributed by atoms with Gasteiger partial charge in [-0.1, -0.05) is 18.2 Å². The van der Waals surface area contributed by atoms with Gasteiger partial charge >= 0.3 is 0 Å². The number of carbonyl (C=O) groups is 4. The molecular weight excluding hydrogens is 420 g/mol. The Morgan fingerprint density at radius 1 is 1.15 bits per heavy atom. The minimum Gasteiger partial charge on any atom is -0.337 e. The van der Waals surface area contributed by atoms with Crippen LogP contribution in [0.25, 0.3) is 10.9 Å². The number of piperidine rings is 1. The van der Waals surface area contributed by atoms with E-state index in [1.54, 1.807) is 36.3 Å². The van der Waals surface area contributed by atoms with E-state index < -0.39 is 11.9 Å². The Labute approximate surface area is 190 Å². The van der Waals surface area contributed by atoms with Crippen molar-refractivity contribution >= 4 is 34.5 Å². The lowest BCUT2D eigenvalue weighted by atomic mass is 10.0. The number of rotatable bonds is 4. The topological polar surface area (TPSA) is 99.7 Å². The van der Waals surface area contributed by atoms with Crippen molar-refractivity contribution in [1.29, 1.82) is 0 Å². The standard InChI is InChI=1S/C25H22N4O4/c1-28(13-16-10-11-26-20-5-3-2-4-18(16)20)24(32)15-6-7-19-17(12-15)14-29(25(19)33)21-8-9-22(30)27-23(21)31/h2-7,10-12,21H,8-9,13-14H2,1H3,(H,27,30,31). The van der Waals surface area contributed by atoms with Gasteiger partial charge in [-0.2, -0.15) is 0 Å². The number of carbonyl (C=O) groups excluding carboxylic acids is 4. The van der Waals surface area contributed by atoms with Gasteiger partial charge in [0, 0.05) is 49.3 Å². The highest BCUT2D eigenvalue weighted by Crippen LogP contribution is 2.28. The molecule has 1 unspecified atom stereocenters. The molecule has 5 rings (SSSR count). The Bertz CT molecular complexity index is 1310. The van der Waals surface area contributed by atoms with Gasteiger partial charge in [-0.05, 0) is 47.9 Å². The molecule has 166 valence electrons. The summed E-state index contributed by atoms with van der Waals surface area (Å²) in [7, 11) is 1.74. The predicted molar refractivity (Wildman–Crippen MR) is 120 cm³/mol. The molecule has 3 heterocycles. The zero-order chi connectivity index (χ0) is 23.1. The molecule has 3 aromatic rings. The Hall–Kier alpha value is -4.07. The minimum absolute atomic E-state index is 0.161. The van der Waals surface area contributed by atoms with E-state index in [2.05, 4.69) is 10.3 Å². The van der Waals surface area contributed by atoms with E-state index in [4.69, 9.17) is 0 Å². The molecule has 8 heteroatoms. The first-order chi connectivity index (χ1) is 15.9. The second kappa shape index (κ2) is 8.12. The van der Waals surface area contributed by atoms with Crippen LogP contribution in [0.15, 0.2) is 54.7 Å². The average Bonchev–Trinajstić information content (AvgIpc) is 3.14. The van der Waals surface area contributed by atoms with Gasteiger partial charge in [-0.15, -0.1) is 0 Å². The Balaban J connectivity index is 1.34. The third kappa shape index (κ3) is 3.73. The van der Waals surface area contributed by atoms with E-state index >= 15 is 0 Å². The highest BCUT2D eigenvalue weighted by molar-refractivity contribution is 6.06. The van der Waals surface area contributed by atoms with Gasteiger partial charge in [0.1, 0.15) is 6.04 Å². The summed E-state index contributed by atoms with van der Waals surface area (Å²) in [6.45, 7) is 0.653. The van der Waals surface area contributed by atoms with E-state index in [-0.39, 0.29) is 30.7 Å². The van der Waals surface area contributed by atoms with E-state index in [0.717, 1.165) is 16.5 Å². The Kier molecular flexibility index (Phi) is 5.12. The summed E-state index contributed by atoms with van der Waals surface area (Å²) in [5.41, 5.74) is 3.54. The third-order valence-electron chi connectivity index (χ3n) is 6.26. The summed E-state index contributed by atoms with van der Waals surface area (Å²) >= 11 is 0. The van der Waals surface area contributed by atoms with Crippen LogP contribution >= 0.6 is 0 Å². The van der Waals surface area contributed by atoms with Gasteiger partial charge in [0.25, 0.3) is 11.8 Å². The third-order valence-corrected chi connectivity index (χ3v) is 6.26. The molecular formula is C25H22N4O4. The molecule has 4 amide bonds. The molecule has 2 aromatic carbocycles. The van der Waals surface area contributed by atoms with Crippen molar-refractivity contribution in [3.63, 3.8) is 0 Å². The molecule has 1 fully saturated rings. The van der Waals surface area contributed by atoms with E-state index in [0.29, 0.717) is 29.7 Å². The van der Waals surface area contributed by atoms with Gasteiger partial charge in [0.15, 0.2) is 0 Å². The smallest absolute Gasteiger partial charge is 0.255 e. The molecule has 0 saturated carbocycles. The number of para-hydroxylation sites is 1. The molecule has 1 N–H and O–H groups in total. The minimum atomic E-state index is -0.676. The first kappa shape index (κ1) is 20.8. The number of nitrogens with one attached hydrogen (secondary N) is 1. The lowest BCUT2D eigenvalue weighted by Gasteiger charge is -2.29. The Morgan fingerprint density at radius 3 is 2.79 bits per heavy atom. The fourth-order valence-electron chi connectivity index (χ4n) is 4.55. The molecule has 33 heavy (non-hydrogen) atoms. The first-order valence-electron chi connectivity index (χ1n) is 10.8. The van der Waals surface area contributed by atoms with Crippen LogP contribution in [0.1, 0.15) is 44.7 Å². The maximum atomic E-state index is 13.1. The van der Waals surface area contributed by atoms with Gasteiger partial charge in [0.05, 0.1) is 5.52 Å². The molecule has 0 bridgehead atoms. The highest BCUT2D eigenvalue weighted by Gasteiger charge is 2.39. The summed E-state index contributed by atoms with van der Waals surface area (Å²) in [6.07, 6.45) is 2.24. The van der Waals surface area contributed by atoms with Gasteiger partial charge in [-0.25, -0.2) is 0 Å². The molecule has 1 atom stereocenters. The number of benzene rings is 2. The lowest BCUT2D eigenvalue weighted by Crippen LogP contribution is -2.52. The maximum Gasteiger partial charge on any atom is 0.255 e. The van der Waals surface area contributed by atoms with Crippen LogP contribution in [-0.2, 0) is 22.7 Å². The van der Waals surface area contributed by atoms with Crippen LogP contribution in [0.2, 0.25) is 0 Å². The Morgan fingerprint density at radius 2 is 1.97 bits per heavy atom. The molecule has 0 aliphatic carbocycles. The largest absolute Gasteiger partial charge is 0.337 e. The van der Waals surface area contributed by atoms with Crippen LogP contribution < -0.4 is 5.32 Å². The summed E-state index contributed by atoms with van der Waals surface area (Å²) < 4.78 is 0. The number of amides is 4. The second-order valence-electron chi connectivity index (χ2n) is 8.42. The molecule has 2 aliphatic heterocycles. The fraction of sp³-hybridized carbons (Fsp3) is 0.240. The zero-order valence-corrected chi connectivity index (χ0v) is 18.1. The van der Waals surface area contributed by atoms with Crippen LogP contribution in [0.4, 0.5) is 0 Å². The average molecular weight is 442 g/mol. The van der Waals surface area contributed by atoms with E-state index in [1.165, 1.54) is 4.90 Å². The monoisotopic (exact) mass is 442 g/mol. The highest BCUT2D eigenvalue weighted by atomic mass is 16.2. The van der Waals surface area contributed by atoms with Gasteiger partial charge in [-0.3, -0.25) is 29.5 Å². The maximum absolute atomic E-state index is 13.1. The quantitative estimate of drug-likeness (QED) is 0.625. The summed E-state index contributed by atoms with van der Waals surface area (Å²) in [4.78, 5) is 57.2. The van der Waals surface area contributed by atoms with E-state index in [9.17, 15) is 19.2 Å². The van der Waals surface area contributed by atoms with Crippen molar-refractivity contribution in [2.75, 3.05) is 7.05 Å². The molecule has 8 nitrogen and oxygen atoms in total. The lowest BCUT2D eigenvalue weighted by molar-refractivity contribution is -0.136. The van der Waals surface area contributed by atoms with Gasteiger partial charge in [0.2, 0.25) is 11.8 Å². The number of imide groups is 1. The number of hydrogen-bond acceptors (Lipinski definition) is 5. The van der Waals surface area contributed by atoms with Crippen molar-refractivity contribution in [1.82, 2.24) is 20.1 Å². The van der Waals surface area contributed by atoms with Crippen molar-refractivity contribution in [2.24, 2.45) is 0 Å². The fourth-order valence-corrected chi connectivity index (χ4v) is 4.55. The van der Waals surface area contributed by atoms with Crippen molar-refractivity contribution in [3.8, 4) is 0 Å².